The van der Waals surface area contributed by atoms with Gasteiger partial charge in [-0.1, -0.05) is 51.4 Å². The van der Waals surface area contributed by atoms with Crippen molar-refractivity contribution in [2.45, 2.75) is 83.2 Å². The van der Waals surface area contributed by atoms with Gasteiger partial charge in [-0.2, -0.15) is 0 Å². The number of rotatable bonds is 3. The molecular weight excluding hydrogens is 234 g/mol. The highest BCUT2D eigenvalue weighted by atomic mass is 16.6. The van der Waals surface area contributed by atoms with Gasteiger partial charge in [-0.3, -0.25) is 0 Å². The maximum absolute atomic E-state index is 5.59. The standard InChI is InChI=1S/C17H31NO/c18-19-17-11-15(13-5-1-2-6-13)9-10-16(12-17)14-7-3-4-8-14/h13-17H,1-12,18H2. The summed E-state index contributed by atoms with van der Waals surface area (Å²) in [5, 5.41) is 0. The molecule has 0 aromatic heterocycles. The van der Waals surface area contributed by atoms with Crippen molar-refractivity contribution < 1.29 is 4.84 Å². The summed E-state index contributed by atoms with van der Waals surface area (Å²) >= 11 is 0. The molecule has 2 atom stereocenters. The third-order valence-corrected chi connectivity index (χ3v) is 6.36. The van der Waals surface area contributed by atoms with E-state index in [2.05, 4.69) is 0 Å². The minimum absolute atomic E-state index is 0.346. The Kier molecular flexibility index (Phi) is 4.81. The first kappa shape index (κ1) is 13.9. The highest BCUT2D eigenvalue weighted by Crippen LogP contribution is 2.44. The van der Waals surface area contributed by atoms with Crippen LogP contribution in [0.25, 0.3) is 0 Å². The molecule has 3 saturated carbocycles. The van der Waals surface area contributed by atoms with E-state index in [9.17, 15) is 0 Å². The molecule has 0 aliphatic heterocycles. The molecule has 2 nitrogen and oxygen atoms in total. The van der Waals surface area contributed by atoms with Gasteiger partial charge >= 0.3 is 0 Å². The molecule has 3 aliphatic carbocycles. The third-order valence-electron chi connectivity index (χ3n) is 6.36. The van der Waals surface area contributed by atoms with Crippen molar-refractivity contribution in [1.82, 2.24) is 0 Å². The Bertz CT molecular complexity index is 242. The molecule has 3 aliphatic rings. The summed E-state index contributed by atoms with van der Waals surface area (Å²) in [7, 11) is 0. The lowest BCUT2D eigenvalue weighted by Crippen LogP contribution is -2.24. The van der Waals surface area contributed by atoms with Gasteiger partial charge < -0.3 is 4.84 Å². The van der Waals surface area contributed by atoms with Crippen LogP contribution in [0.3, 0.4) is 0 Å². The minimum atomic E-state index is 0.346. The summed E-state index contributed by atoms with van der Waals surface area (Å²) in [6.45, 7) is 0. The first-order valence-corrected chi connectivity index (χ1v) is 8.72. The van der Waals surface area contributed by atoms with Crippen LogP contribution in [0.15, 0.2) is 0 Å². The van der Waals surface area contributed by atoms with E-state index >= 15 is 0 Å². The molecule has 110 valence electrons. The van der Waals surface area contributed by atoms with E-state index in [1.54, 1.807) is 0 Å². The molecule has 19 heavy (non-hydrogen) atoms. The zero-order valence-electron chi connectivity index (χ0n) is 12.4. The van der Waals surface area contributed by atoms with Gasteiger partial charge in [0.05, 0.1) is 6.10 Å². The zero-order chi connectivity index (χ0) is 13.1. The maximum Gasteiger partial charge on any atom is 0.0792 e. The Morgan fingerprint density at radius 3 is 1.37 bits per heavy atom. The van der Waals surface area contributed by atoms with E-state index < -0.39 is 0 Å². The summed E-state index contributed by atoms with van der Waals surface area (Å²) in [6, 6.07) is 0. The van der Waals surface area contributed by atoms with Crippen LogP contribution in [0, 0.1) is 23.7 Å². The Balaban J connectivity index is 1.61. The van der Waals surface area contributed by atoms with E-state index in [1.807, 2.05) is 0 Å². The second-order valence-corrected chi connectivity index (χ2v) is 7.42. The highest BCUT2D eigenvalue weighted by Gasteiger charge is 2.35. The molecule has 0 heterocycles. The molecule has 0 spiro atoms. The van der Waals surface area contributed by atoms with E-state index in [-0.39, 0.29) is 0 Å². The fraction of sp³-hybridized carbons (Fsp3) is 1.00. The van der Waals surface area contributed by atoms with Crippen molar-refractivity contribution in [3.63, 3.8) is 0 Å². The van der Waals surface area contributed by atoms with Gasteiger partial charge in [-0.25, -0.2) is 5.90 Å². The average Bonchev–Trinajstić information content (AvgIpc) is 3.09. The monoisotopic (exact) mass is 265 g/mol. The third kappa shape index (κ3) is 3.33. The van der Waals surface area contributed by atoms with Gasteiger partial charge in [0.25, 0.3) is 0 Å². The second-order valence-electron chi connectivity index (χ2n) is 7.42. The molecule has 2 unspecified atom stereocenters. The zero-order valence-corrected chi connectivity index (χ0v) is 12.4. The van der Waals surface area contributed by atoms with Crippen molar-refractivity contribution in [2.75, 3.05) is 0 Å². The number of nitrogens with two attached hydrogens (primary N) is 1. The summed E-state index contributed by atoms with van der Waals surface area (Å²) in [4.78, 5) is 5.35. The van der Waals surface area contributed by atoms with Crippen molar-refractivity contribution in [2.24, 2.45) is 29.6 Å². The lowest BCUT2D eigenvalue weighted by atomic mass is 9.82. The molecule has 0 bridgehead atoms. The topological polar surface area (TPSA) is 35.2 Å². The van der Waals surface area contributed by atoms with Crippen molar-refractivity contribution in [3.8, 4) is 0 Å². The fourth-order valence-electron chi connectivity index (χ4n) is 5.26. The van der Waals surface area contributed by atoms with Crippen molar-refractivity contribution >= 4 is 0 Å². The Morgan fingerprint density at radius 2 is 1.00 bits per heavy atom. The Labute approximate surface area is 118 Å². The molecule has 0 saturated heterocycles. The van der Waals surface area contributed by atoms with Gasteiger partial charge in [0, 0.05) is 0 Å². The molecule has 3 rings (SSSR count). The Hall–Kier alpha value is -0.0800. The lowest BCUT2D eigenvalue weighted by molar-refractivity contribution is 0.0177. The molecule has 0 radical (unpaired) electrons. The molecule has 2 heteroatoms. The second kappa shape index (κ2) is 6.58. The van der Waals surface area contributed by atoms with Crippen LogP contribution in [0.5, 0.6) is 0 Å². The lowest BCUT2D eigenvalue weighted by Gasteiger charge is -2.24. The maximum atomic E-state index is 5.59. The van der Waals surface area contributed by atoms with Gasteiger partial charge in [0.2, 0.25) is 0 Å². The minimum Gasteiger partial charge on any atom is -0.301 e. The van der Waals surface area contributed by atoms with Gasteiger partial charge in [-0.15, -0.1) is 0 Å². The van der Waals surface area contributed by atoms with Crippen LogP contribution >= 0.6 is 0 Å². The van der Waals surface area contributed by atoms with Crippen molar-refractivity contribution in [1.29, 1.82) is 0 Å². The van der Waals surface area contributed by atoms with Crippen LogP contribution in [-0.2, 0) is 4.84 Å². The highest BCUT2D eigenvalue weighted by molar-refractivity contribution is 4.86. The predicted octanol–water partition coefficient (Wildman–Crippen LogP) is 4.43. The molecule has 0 aromatic rings. The van der Waals surface area contributed by atoms with Crippen LogP contribution in [0.2, 0.25) is 0 Å². The van der Waals surface area contributed by atoms with Crippen molar-refractivity contribution in [3.05, 3.63) is 0 Å². The molecular formula is C17H31NO. The summed E-state index contributed by atoms with van der Waals surface area (Å²) in [6.07, 6.45) is 17.4. The van der Waals surface area contributed by atoms with E-state index in [4.69, 9.17) is 10.7 Å². The van der Waals surface area contributed by atoms with E-state index in [0.717, 1.165) is 23.7 Å². The molecule has 0 aromatic carbocycles. The van der Waals surface area contributed by atoms with Crippen LogP contribution < -0.4 is 5.90 Å². The number of hydrogen-bond acceptors (Lipinski definition) is 2. The van der Waals surface area contributed by atoms with Gasteiger partial charge in [0.15, 0.2) is 0 Å². The van der Waals surface area contributed by atoms with Gasteiger partial charge in [0.1, 0.15) is 0 Å². The first-order chi connectivity index (χ1) is 9.36. The molecule has 0 amide bonds. The fourth-order valence-corrected chi connectivity index (χ4v) is 5.26. The molecule has 3 fully saturated rings. The molecule has 2 N–H and O–H groups in total. The summed E-state index contributed by atoms with van der Waals surface area (Å²) < 4.78 is 0. The first-order valence-electron chi connectivity index (χ1n) is 8.72. The smallest absolute Gasteiger partial charge is 0.0792 e. The Morgan fingerprint density at radius 1 is 0.579 bits per heavy atom. The quantitative estimate of drug-likeness (QED) is 0.605. The summed E-state index contributed by atoms with van der Waals surface area (Å²) in [5.74, 6) is 9.38. The van der Waals surface area contributed by atoms with E-state index in [0.29, 0.717) is 6.10 Å². The SMILES string of the molecule is NOC1CC(C2CCCC2)CCC(C2CCCC2)C1. The summed E-state index contributed by atoms with van der Waals surface area (Å²) in [5.41, 5.74) is 0. The van der Waals surface area contributed by atoms with Gasteiger partial charge in [-0.05, 0) is 49.4 Å². The largest absolute Gasteiger partial charge is 0.301 e. The van der Waals surface area contributed by atoms with Crippen LogP contribution in [0.4, 0.5) is 0 Å². The number of hydrogen-bond donors (Lipinski definition) is 1. The predicted molar refractivity (Wildman–Crippen MR) is 78.4 cm³/mol. The van der Waals surface area contributed by atoms with Crippen LogP contribution in [-0.4, -0.2) is 6.10 Å². The van der Waals surface area contributed by atoms with E-state index in [1.165, 1.54) is 77.0 Å². The normalized spacial score (nSPS) is 38.7. The van der Waals surface area contributed by atoms with Crippen LogP contribution in [0.1, 0.15) is 77.0 Å². The average molecular weight is 265 g/mol.